The second-order valence-corrected chi connectivity index (χ2v) is 6.65. The molecule has 1 aliphatic carbocycles. The van der Waals surface area contributed by atoms with Crippen LogP contribution in [0, 0.1) is 5.41 Å². The van der Waals surface area contributed by atoms with Gasteiger partial charge in [0.05, 0.1) is 6.04 Å². The van der Waals surface area contributed by atoms with E-state index in [9.17, 15) is 0 Å². The number of nitrogens with zero attached hydrogens (tertiary/aromatic N) is 2. The standard InChI is InChI=1S/C14H17N3S/c1-14(2)8-10(14)12-16-17-13(18-12)11(15)9-6-4-3-5-7-9/h3-7,10-11H,8,15H2,1-2H3. The topological polar surface area (TPSA) is 51.8 Å². The van der Waals surface area contributed by atoms with Crippen molar-refractivity contribution >= 4 is 11.3 Å². The molecule has 2 N–H and O–H groups in total. The van der Waals surface area contributed by atoms with Gasteiger partial charge < -0.3 is 5.73 Å². The summed E-state index contributed by atoms with van der Waals surface area (Å²) in [7, 11) is 0. The number of benzene rings is 1. The van der Waals surface area contributed by atoms with Gasteiger partial charge in [0, 0.05) is 5.92 Å². The molecule has 1 saturated carbocycles. The molecule has 94 valence electrons. The molecule has 2 aromatic rings. The molecule has 0 spiro atoms. The molecule has 4 heteroatoms. The summed E-state index contributed by atoms with van der Waals surface area (Å²) in [5, 5.41) is 10.6. The third-order valence-electron chi connectivity index (χ3n) is 3.69. The Balaban J connectivity index is 1.82. The molecule has 2 atom stereocenters. The van der Waals surface area contributed by atoms with Crippen LogP contribution < -0.4 is 5.73 Å². The van der Waals surface area contributed by atoms with Crippen LogP contribution in [0.3, 0.4) is 0 Å². The van der Waals surface area contributed by atoms with E-state index in [1.54, 1.807) is 11.3 Å². The van der Waals surface area contributed by atoms with Gasteiger partial charge in [-0.15, -0.1) is 10.2 Å². The SMILES string of the molecule is CC1(C)CC1c1nnc(C(N)c2ccccc2)s1. The predicted octanol–water partition coefficient (Wildman–Crippen LogP) is 3.10. The van der Waals surface area contributed by atoms with Crippen molar-refractivity contribution in [2.24, 2.45) is 11.1 Å². The molecule has 0 radical (unpaired) electrons. The number of hydrogen-bond donors (Lipinski definition) is 1. The highest BCUT2D eigenvalue weighted by Crippen LogP contribution is 2.59. The molecular formula is C14H17N3S. The van der Waals surface area contributed by atoms with Gasteiger partial charge in [-0.3, -0.25) is 0 Å². The summed E-state index contributed by atoms with van der Waals surface area (Å²) >= 11 is 1.66. The van der Waals surface area contributed by atoms with Crippen LogP contribution in [-0.2, 0) is 0 Å². The Hall–Kier alpha value is -1.26. The first-order valence-electron chi connectivity index (χ1n) is 6.22. The smallest absolute Gasteiger partial charge is 0.138 e. The predicted molar refractivity (Wildman–Crippen MR) is 73.5 cm³/mol. The fourth-order valence-corrected chi connectivity index (χ4v) is 3.39. The number of aromatic nitrogens is 2. The lowest BCUT2D eigenvalue weighted by molar-refractivity contribution is 0.618. The molecule has 18 heavy (non-hydrogen) atoms. The second-order valence-electron chi connectivity index (χ2n) is 5.61. The molecular weight excluding hydrogens is 242 g/mol. The first-order valence-corrected chi connectivity index (χ1v) is 7.03. The van der Waals surface area contributed by atoms with Crippen molar-refractivity contribution in [1.82, 2.24) is 10.2 Å². The van der Waals surface area contributed by atoms with Crippen molar-refractivity contribution in [2.45, 2.75) is 32.2 Å². The van der Waals surface area contributed by atoms with Gasteiger partial charge in [-0.1, -0.05) is 55.5 Å². The largest absolute Gasteiger partial charge is 0.318 e. The molecule has 0 amide bonds. The Kier molecular flexibility index (Phi) is 2.72. The van der Waals surface area contributed by atoms with E-state index in [2.05, 4.69) is 24.0 Å². The average molecular weight is 259 g/mol. The van der Waals surface area contributed by atoms with Crippen molar-refractivity contribution in [3.8, 4) is 0 Å². The van der Waals surface area contributed by atoms with Gasteiger partial charge in [0.25, 0.3) is 0 Å². The highest BCUT2D eigenvalue weighted by Gasteiger charge is 2.48. The van der Waals surface area contributed by atoms with Crippen LogP contribution in [0.4, 0.5) is 0 Å². The molecule has 0 bridgehead atoms. The van der Waals surface area contributed by atoms with Crippen LogP contribution in [0.5, 0.6) is 0 Å². The molecule has 1 aromatic heterocycles. The van der Waals surface area contributed by atoms with Crippen LogP contribution in [0.15, 0.2) is 30.3 Å². The fourth-order valence-electron chi connectivity index (χ4n) is 2.20. The quantitative estimate of drug-likeness (QED) is 0.921. The minimum atomic E-state index is -0.153. The van der Waals surface area contributed by atoms with Gasteiger partial charge in [-0.25, -0.2) is 0 Å². The van der Waals surface area contributed by atoms with Crippen LogP contribution in [0.1, 0.15) is 47.8 Å². The molecule has 1 heterocycles. The van der Waals surface area contributed by atoms with E-state index < -0.39 is 0 Å². The monoisotopic (exact) mass is 259 g/mol. The summed E-state index contributed by atoms with van der Waals surface area (Å²) in [5.74, 6) is 0.576. The molecule has 0 aliphatic heterocycles. The Morgan fingerprint density at radius 1 is 1.28 bits per heavy atom. The van der Waals surface area contributed by atoms with E-state index in [4.69, 9.17) is 5.73 Å². The van der Waals surface area contributed by atoms with Crippen LogP contribution in [0.2, 0.25) is 0 Å². The number of rotatable bonds is 3. The maximum Gasteiger partial charge on any atom is 0.138 e. The van der Waals surface area contributed by atoms with Gasteiger partial charge in [0.15, 0.2) is 0 Å². The number of nitrogens with two attached hydrogens (primary N) is 1. The van der Waals surface area contributed by atoms with Crippen molar-refractivity contribution < 1.29 is 0 Å². The lowest BCUT2D eigenvalue weighted by atomic mass is 10.1. The average Bonchev–Trinajstić information content (AvgIpc) is 2.80. The molecule has 1 aliphatic rings. The Morgan fingerprint density at radius 3 is 2.56 bits per heavy atom. The minimum absolute atomic E-state index is 0.153. The molecule has 3 rings (SSSR count). The fraction of sp³-hybridized carbons (Fsp3) is 0.429. The van der Waals surface area contributed by atoms with E-state index in [0.717, 1.165) is 15.6 Å². The maximum absolute atomic E-state index is 6.23. The summed E-state index contributed by atoms with van der Waals surface area (Å²) in [6.07, 6.45) is 1.21. The summed E-state index contributed by atoms with van der Waals surface area (Å²) in [6, 6.07) is 9.91. The van der Waals surface area contributed by atoms with E-state index >= 15 is 0 Å². The van der Waals surface area contributed by atoms with Gasteiger partial charge in [-0.05, 0) is 17.4 Å². The van der Waals surface area contributed by atoms with Gasteiger partial charge in [-0.2, -0.15) is 0 Å². The lowest BCUT2D eigenvalue weighted by Crippen LogP contribution is -2.11. The zero-order chi connectivity index (χ0) is 12.8. The minimum Gasteiger partial charge on any atom is -0.318 e. The number of hydrogen-bond acceptors (Lipinski definition) is 4. The highest BCUT2D eigenvalue weighted by molar-refractivity contribution is 7.11. The van der Waals surface area contributed by atoms with Gasteiger partial charge >= 0.3 is 0 Å². The van der Waals surface area contributed by atoms with Crippen molar-refractivity contribution in [3.05, 3.63) is 45.9 Å². The van der Waals surface area contributed by atoms with Crippen LogP contribution in [-0.4, -0.2) is 10.2 Å². The summed E-state index contributed by atoms with van der Waals surface area (Å²) < 4.78 is 0. The Morgan fingerprint density at radius 2 is 1.94 bits per heavy atom. The zero-order valence-corrected chi connectivity index (χ0v) is 11.4. The lowest BCUT2D eigenvalue weighted by Gasteiger charge is -2.07. The second kappa shape index (κ2) is 4.14. The molecule has 0 saturated heterocycles. The first kappa shape index (κ1) is 11.8. The van der Waals surface area contributed by atoms with E-state index in [1.165, 1.54) is 6.42 Å². The third-order valence-corrected chi connectivity index (χ3v) is 4.81. The molecule has 1 fully saturated rings. The van der Waals surface area contributed by atoms with Crippen LogP contribution >= 0.6 is 11.3 Å². The van der Waals surface area contributed by atoms with Crippen molar-refractivity contribution in [1.29, 1.82) is 0 Å². The van der Waals surface area contributed by atoms with E-state index in [0.29, 0.717) is 11.3 Å². The maximum atomic E-state index is 6.23. The Labute approximate surface area is 111 Å². The summed E-state index contributed by atoms with van der Waals surface area (Å²) in [5.41, 5.74) is 7.72. The first-order chi connectivity index (χ1) is 8.58. The van der Waals surface area contributed by atoms with Crippen LogP contribution in [0.25, 0.3) is 0 Å². The van der Waals surface area contributed by atoms with Gasteiger partial charge in [0.1, 0.15) is 10.0 Å². The van der Waals surface area contributed by atoms with Gasteiger partial charge in [0.2, 0.25) is 0 Å². The molecule has 2 unspecified atom stereocenters. The van der Waals surface area contributed by atoms with E-state index in [1.807, 2.05) is 30.3 Å². The molecule has 1 aromatic carbocycles. The van der Waals surface area contributed by atoms with Crippen molar-refractivity contribution in [3.63, 3.8) is 0 Å². The Bertz CT molecular complexity index is 547. The summed E-state index contributed by atoms with van der Waals surface area (Å²) in [4.78, 5) is 0. The molecule has 3 nitrogen and oxygen atoms in total. The summed E-state index contributed by atoms with van der Waals surface area (Å²) in [6.45, 7) is 4.55. The van der Waals surface area contributed by atoms with E-state index in [-0.39, 0.29) is 6.04 Å². The third kappa shape index (κ3) is 2.06. The zero-order valence-electron chi connectivity index (χ0n) is 10.6. The normalized spacial score (nSPS) is 22.7. The highest BCUT2D eigenvalue weighted by atomic mass is 32.1. The van der Waals surface area contributed by atoms with Crippen molar-refractivity contribution in [2.75, 3.05) is 0 Å².